The number of hydrogen-bond acceptors (Lipinski definition) is 4. The van der Waals surface area contributed by atoms with E-state index < -0.39 is 0 Å². The summed E-state index contributed by atoms with van der Waals surface area (Å²) in [6, 6.07) is 14.1. The van der Waals surface area contributed by atoms with Crippen LogP contribution in [0.2, 0.25) is 0 Å². The molecule has 168 valence electrons. The van der Waals surface area contributed by atoms with Gasteiger partial charge in [0.25, 0.3) is 5.91 Å². The van der Waals surface area contributed by atoms with Crippen LogP contribution in [0.5, 0.6) is 5.75 Å². The van der Waals surface area contributed by atoms with Gasteiger partial charge in [0.15, 0.2) is 0 Å². The van der Waals surface area contributed by atoms with Crippen molar-refractivity contribution in [2.45, 2.75) is 19.4 Å². The van der Waals surface area contributed by atoms with Gasteiger partial charge in [-0.2, -0.15) is 0 Å². The van der Waals surface area contributed by atoms with Crippen molar-refractivity contribution in [3.8, 4) is 5.75 Å². The molecule has 3 rings (SSSR count). The number of nitrogens with zero attached hydrogens (tertiary/aromatic N) is 3. The molecule has 1 aliphatic rings. The molecule has 0 N–H and O–H groups in total. The third-order valence-electron chi connectivity index (χ3n) is 5.84. The maximum absolute atomic E-state index is 13.7. The SMILES string of the molecule is COc1ccccc1CN1CCC[C@@H](CN(CCN(C)C)C(=O)c2cccc(F)c2)C1. The smallest absolute Gasteiger partial charge is 0.254 e. The average Bonchev–Trinajstić information content (AvgIpc) is 2.76. The molecule has 31 heavy (non-hydrogen) atoms. The summed E-state index contributed by atoms with van der Waals surface area (Å²) in [5, 5.41) is 0. The van der Waals surface area contributed by atoms with E-state index in [1.807, 2.05) is 37.2 Å². The molecule has 6 heteroatoms. The number of piperidine rings is 1. The zero-order chi connectivity index (χ0) is 22.2. The fraction of sp³-hybridized carbons (Fsp3) is 0.480. The van der Waals surface area contributed by atoms with Gasteiger partial charge in [0.1, 0.15) is 11.6 Å². The lowest BCUT2D eigenvalue weighted by atomic mass is 9.96. The van der Waals surface area contributed by atoms with Crippen molar-refractivity contribution in [2.75, 3.05) is 53.9 Å². The van der Waals surface area contributed by atoms with Crippen LogP contribution in [-0.4, -0.2) is 74.5 Å². The van der Waals surface area contributed by atoms with Crippen molar-refractivity contribution in [2.24, 2.45) is 5.92 Å². The highest BCUT2D eigenvalue weighted by Crippen LogP contribution is 2.24. The molecule has 5 nitrogen and oxygen atoms in total. The number of carbonyl (C=O) groups excluding carboxylic acids is 1. The number of likely N-dealkylation sites (tertiary alicyclic amines) is 1. The standard InChI is InChI=1S/C25H34FN3O2/c1-27(2)14-15-29(25(30)21-10-6-11-23(26)16-21)18-20-8-7-13-28(17-20)19-22-9-4-5-12-24(22)31-3/h4-6,9-12,16,20H,7-8,13-15,17-19H2,1-3H3/t20-/m1/s1. The zero-order valence-electron chi connectivity index (χ0n) is 18.9. The molecular formula is C25H34FN3O2. The van der Waals surface area contributed by atoms with E-state index in [0.717, 1.165) is 44.8 Å². The van der Waals surface area contributed by atoms with Gasteiger partial charge in [-0.05, 0) is 63.7 Å². The van der Waals surface area contributed by atoms with Crippen molar-refractivity contribution in [1.29, 1.82) is 0 Å². The summed E-state index contributed by atoms with van der Waals surface area (Å²) in [6.07, 6.45) is 2.20. The second-order valence-electron chi connectivity index (χ2n) is 8.62. The Morgan fingerprint density at radius 1 is 1.16 bits per heavy atom. The zero-order valence-corrected chi connectivity index (χ0v) is 18.9. The fourth-order valence-corrected chi connectivity index (χ4v) is 4.23. The summed E-state index contributed by atoms with van der Waals surface area (Å²) >= 11 is 0. The number of amides is 1. The highest BCUT2D eigenvalue weighted by atomic mass is 19.1. The Morgan fingerprint density at radius 2 is 1.97 bits per heavy atom. The summed E-state index contributed by atoms with van der Waals surface area (Å²) in [5.74, 6) is 0.837. The highest BCUT2D eigenvalue weighted by Gasteiger charge is 2.25. The van der Waals surface area contributed by atoms with Crippen molar-refractivity contribution in [1.82, 2.24) is 14.7 Å². The van der Waals surface area contributed by atoms with Gasteiger partial charge in [0.05, 0.1) is 7.11 Å². The van der Waals surface area contributed by atoms with Gasteiger partial charge >= 0.3 is 0 Å². The van der Waals surface area contributed by atoms with Crippen LogP contribution in [0.15, 0.2) is 48.5 Å². The number of carbonyl (C=O) groups is 1. The average molecular weight is 428 g/mol. The molecule has 0 saturated carbocycles. The summed E-state index contributed by atoms with van der Waals surface area (Å²) in [7, 11) is 5.71. The van der Waals surface area contributed by atoms with Gasteiger partial charge in [-0.3, -0.25) is 9.69 Å². The molecule has 1 saturated heterocycles. The molecule has 0 aliphatic carbocycles. The Balaban J connectivity index is 1.67. The van der Waals surface area contributed by atoms with Gasteiger partial charge in [0.2, 0.25) is 0 Å². The van der Waals surface area contributed by atoms with Crippen molar-refractivity contribution in [3.63, 3.8) is 0 Å². The number of likely N-dealkylation sites (N-methyl/N-ethyl adjacent to an activating group) is 1. The maximum atomic E-state index is 13.7. The lowest BCUT2D eigenvalue weighted by Gasteiger charge is -2.36. The number of para-hydroxylation sites is 1. The maximum Gasteiger partial charge on any atom is 0.254 e. The van der Waals surface area contributed by atoms with Crippen LogP contribution in [0.3, 0.4) is 0 Å². The summed E-state index contributed by atoms with van der Waals surface area (Å²) in [6.45, 7) is 4.92. The van der Waals surface area contributed by atoms with E-state index in [0.29, 0.717) is 24.6 Å². The topological polar surface area (TPSA) is 36.0 Å². The minimum atomic E-state index is -0.376. The molecule has 1 heterocycles. The largest absolute Gasteiger partial charge is 0.496 e. The molecule has 0 radical (unpaired) electrons. The molecule has 1 amide bonds. The number of ether oxygens (including phenoxy) is 1. The molecule has 0 bridgehead atoms. The van der Waals surface area contributed by atoms with E-state index in [2.05, 4.69) is 15.9 Å². The first kappa shape index (κ1) is 23.2. The molecule has 1 aliphatic heterocycles. The molecule has 0 aromatic heterocycles. The molecule has 1 fully saturated rings. The van der Waals surface area contributed by atoms with Gasteiger partial charge in [0, 0.05) is 43.9 Å². The lowest BCUT2D eigenvalue weighted by Crippen LogP contribution is -2.44. The first-order chi connectivity index (χ1) is 15.0. The predicted molar refractivity (Wildman–Crippen MR) is 122 cm³/mol. The summed E-state index contributed by atoms with van der Waals surface area (Å²) in [4.78, 5) is 19.6. The fourth-order valence-electron chi connectivity index (χ4n) is 4.23. The minimum Gasteiger partial charge on any atom is -0.496 e. The monoisotopic (exact) mass is 427 g/mol. The van der Waals surface area contributed by atoms with E-state index in [1.54, 1.807) is 19.2 Å². The summed E-state index contributed by atoms with van der Waals surface area (Å²) < 4.78 is 19.2. The molecule has 2 aromatic carbocycles. The van der Waals surface area contributed by atoms with Crippen LogP contribution in [0.25, 0.3) is 0 Å². The van der Waals surface area contributed by atoms with Crippen LogP contribution in [0.4, 0.5) is 4.39 Å². The third-order valence-corrected chi connectivity index (χ3v) is 5.84. The molecule has 2 aromatic rings. The Morgan fingerprint density at radius 3 is 2.71 bits per heavy atom. The van der Waals surface area contributed by atoms with Crippen molar-refractivity contribution in [3.05, 3.63) is 65.5 Å². The van der Waals surface area contributed by atoms with Crippen LogP contribution in [0.1, 0.15) is 28.8 Å². The number of hydrogen-bond donors (Lipinski definition) is 0. The lowest BCUT2D eigenvalue weighted by molar-refractivity contribution is 0.0660. The van der Waals surface area contributed by atoms with Gasteiger partial charge in [-0.1, -0.05) is 24.3 Å². The number of methoxy groups -OCH3 is 1. The Kier molecular flexibility index (Phi) is 8.43. The third kappa shape index (κ3) is 6.77. The number of halogens is 1. The number of benzene rings is 2. The highest BCUT2D eigenvalue weighted by molar-refractivity contribution is 5.94. The molecule has 0 unspecified atom stereocenters. The Bertz CT molecular complexity index is 858. The first-order valence-corrected chi connectivity index (χ1v) is 11.0. The molecule has 0 spiro atoms. The van der Waals surface area contributed by atoms with Crippen LogP contribution < -0.4 is 4.74 Å². The van der Waals surface area contributed by atoms with E-state index in [9.17, 15) is 9.18 Å². The molecule has 1 atom stereocenters. The van der Waals surface area contributed by atoms with Gasteiger partial charge in [-0.15, -0.1) is 0 Å². The first-order valence-electron chi connectivity index (χ1n) is 11.0. The quantitative estimate of drug-likeness (QED) is 0.611. The molecular weight excluding hydrogens is 393 g/mol. The second kappa shape index (κ2) is 11.3. The van der Waals surface area contributed by atoms with E-state index in [4.69, 9.17) is 4.74 Å². The second-order valence-corrected chi connectivity index (χ2v) is 8.62. The Labute approximate surface area is 185 Å². The van der Waals surface area contributed by atoms with Gasteiger partial charge in [-0.25, -0.2) is 4.39 Å². The summed E-state index contributed by atoms with van der Waals surface area (Å²) in [5.41, 5.74) is 1.60. The van der Waals surface area contributed by atoms with E-state index in [1.165, 1.54) is 17.7 Å². The predicted octanol–water partition coefficient (Wildman–Crippen LogP) is 3.75. The van der Waals surface area contributed by atoms with E-state index >= 15 is 0 Å². The normalized spacial score (nSPS) is 17.0. The van der Waals surface area contributed by atoms with Crippen LogP contribution in [-0.2, 0) is 6.54 Å². The van der Waals surface area contributed by atoms with Crippen molar-refractivity contribution >= 4 is 5.91 Å². The minimum absolute atomic E-state index is 0.0943. The van der Waals surface area contributed by atoms with E-state index in [-0.39, 0.29) is 11.7 Å². The van der Waals surface area contributed by atoms with Crippen LogP contribution >= 0.6 is 0 Å². The van der Waals surface area contributed by atoms with Crippen LogP contribution in [0, 0.1) is 11.7 Å². The Hall–Kier alpha value is -2.44. The van der Waals surface area contributed by atoms with Gasteiger partial charge < -0.3 is 14.5 Å². The van der Waals surface area contributed by atoms with Crippen molar-refractivity contribution < 1.29 is 13.9 Å². The number of rotatable bonds is 9.